The Labute approximate surface area is 112 Å². The molecule has 0 radical (unpaired) electrons. The van der Waals surface area contributed by atoms with Gasteiger partial charge in [0.1, 0.15) is 5.58 Å². The van der Waals surface area contributed by atoms with Gasteiger partial charge in [-0.25, -0.2) is 0 Å². The van der Waals surface area contributed by atoms with Gasteiger partial charge in [-0.2, -0.15) is 0 Å². The van der Waals surface area contributed by atoms with Crippen LogP contribution >= 0.6 is 0 Å². The molecule has 2 rings (SSSR count). The van der Waals surface area contributed by atoms with Crippen LogP contribution in [0.3, 0.4) is 0 Å². The number of carbonyl (C=O) groups excluding carboxylic acids is 1. The lowest BCUT2D eigenvalue weighted by Crippen LogP contribution is -2.26. The van der Waals surface area contributed by atoms with Crippen molar-refractivity contribution < 1.29 is 14.3 Å². The lowest BCUT2D eigenvalue weighted by atomic mass is 10.1. The molecular weight excluding hydrogens is 242 g/mol. The quantitative estimate of drug-likeness (QED) is 0.783. The molecule has 0 aliphatic heterocycles. The van der Waals surface area contributed by atoms with E-state index in [0.717, 1.165) is 28.5 Å². The van der Waals surface area contributed by atoms with E-state index in [2.05, 4.69) is 5.32 Å². The molecule has 0 saturated heterocycles. The van der Waals surface area contributed by atoms with Crippen LogP contribution in [0.5, 0.6) is 0 Å². The van der Waals surface area contributed by atoms with Crippen LogP contribution in [0, 0.1) is 6.92 Å². The molecule has 0 atom stereocenters. The van der Waals surface area contributed by atoms with Gasteiger partial charge in [-0.05, 0) is 31.4 Å². The van der Waals surface area contributed by atoms with Crippen molar-refractivity contribution in [3.8, 4) is 0 Å². The van der Waals surface area contributed by atoms with Crippen LogP contribution in [-0.4, -0.2) is 24.2 Å². The average molecular weight is 261 g/mol. The summed E-state index contributed by atoms with van der Waals surface area (Å²) < 4.78 is 5.46. The van der Waals surface area contributed by atoms with Crippen molar-refractivity contribution in [2.24, 2.45) is 0 Å². The van der Waals surface area contributed by atoms with Crippen molar-refractivity contribution in [2.45, 2.75) is 26.2 Å². The van der Waals surface area contributed by atoms with Gasteiger partial charge in [0.15, 0.2) is 0 Å². The van der Waals surface area contributed by atoms with E-state index in [0.29, 0.717) is 19.4 Å². The molecule has 0 aliphatic carbocycles. The first-order valence-electron chi connectivity index (χ1n) is 6.55. The number of furan rings is 1. The molecule has 4 heteroatoms. The van der Waals surface area contributed by atoms with Crippen molar-refractivity contribution in [1.82, 2.24) is 5.32 Å². The van der Waals surface area contributed by atoms with E-state index in [-0.39, 0.29) is 12.5 Å². The van der Waals surface area contributed by atoms with Crippen LogP contribution in [0.4, 0.5) is 0 Å². The fourth-order valence-electron chi connectivity index (χ4n) is 2.03. The summed E-state index contributed by atoms with van der Waals surface area (Å²) in [5, 5.41) is 12.5. The number of aliphatic hydroxyl groups is 1. The lowest BCUT2D eigenvalue weighted by Gasteiger charge is -2.03. The third kappa shape index (κ3) is 3.58. The number of benzene rings is 1. The minimum Gasteiger partial charge on any atom is -0.464 e. The van der Waals surface area contributed by atoms with Gasteiger partial charge in [-0.15, -0.1) is 0 Å². The highest BCUT2D eigenvalue weighted by Gasteiger charge is 2.10. The van der Waals surface area contributed by atoms with Crippen LogP contribution < -0.4 is 5.32 Å². The SMILES string of the molecule is Cc1ccc2c(CC(=O)NCCCCO)coc2c1. The number of nitrogens with one attached hydrogen (secondary N) is 1. The fraction of sp³-hybridized carbons (Fsp3) is 0.400. The molecule has 2 aromatic rings. The Kier molecular flexibility index (Phi) is 4.58. The van der Waals surface area contributed by atoms with Crippen LogP contribution in [0.2, 0.25) is 0 Å². The Morgan fingerprint density at radius 2 is 2.21 bits per heavy atom. The van der Waals surface area contributed by atoms with Crippen molar-refractivity contribution in [2.75, 3.05) is 13.2 Å². The summed E-state index contributed by atoms with van der Waals surface area (Å²) in [6.45, 7) is 2.78. The molecule has 19 heavy (non-hydrogen) atoms. The Hall–Kier alpha value is -1.81. The molecule has 0 spiro atoms. The molecule has 1 heterocycles. The van der Waals surface area contributed by atoms with Gasteiger partial charge in [0.25, 0.3) is 0 Å². The fourth-order valence-corrected chi connectivity index (χ4v) is 2.03. The molecule has 102 valence electrons. The van der Waals surface area contributed by atoms with Crippen molar-refractivity contribution in [3.05, 3.63) is 35.6 Å². The minimum atomic E-state index is -0.0128. The van der Waals surface area contributed by atoms with E-state index >= 15 is 0 Å². The highest BCUT2D eigenvalue weighted by Crippen LogP contribution is 2.22. The zero-order chi connectivity index (χ0) is 13.7. The number of hydrogen-bond acceptors (Lipinski definition) is 3. The third-order valence-corrected chi connectivity index (χ3v) is 3.07. The van der Waals surface area contributed by atoms with Gasteiger partial charge in [-0.3, -0.25) is 4.79 Å². The monoisotopic (exact) mass is 261 g/mol. The van der Waals surface area contributed by atoms with Crippen LogP contribution in [0.25, 0.3) is 11.0 Å². The van der Waals surface area contributed by atoms with Gasteiger partial charge >= 0.3 is 0 Å². The molecule has 0 fully saturated rings. The van der Waals surface area contributed by atoms with Crippen LogP contribution in [0.1, 0.15) is 24.0 Å². The van der Waals surface area contributed by atoms with Crippen molar-refractivity contribution >= 4 is 16.9 Å². The molecule has 0 saturated carbocycles. The molecule has 1 amide bonds. The summed E-state index contributed by atoms with van der Waals surface area (Å²) in [6, 6.07) is 5.97. The second-order valence-corrected chi connectivity index (χ2v) is 4.72. The molecule has 2 N–H and O–H groups in total. The van der Waals surface area contributed by atoms with Gasteiger partial charge < -0.3 is 14.8 Å². The maximum Gasteiger partial charge on any atom is 0.224 e. The van der Waals surface area contributed by atoms with Crippen LogP contribution in [-0.2, 0) is 11.2 Å². The molecule has 0 unspecified atom stereocenters. The van der Waals surface area contributed by atoms with E-state index in [4.69, 9.17) is 9.52 Å². The average Bonchev–Trinajstić information content (AvgIpc) is 2.77. The normalized spacial score (nSPS) is 10.8. The minimum absolute atomic E-state index is 0.0128. The predicted octanol–water partition coefficient (Wildman–Crippen LogP) is 2.17. The first-order valence-corrected chi connectivity index (χ1v) is 6.55. The molecule has 4 nitrogen and oxygen atoms in total. The molecule has 0 aliphatic rings. The summed E-state index contributed by atoms with van der Waals surface area (Å²) in [5.74, 6) is -0.0128. The number of fused-ring (bicyclic) bond motifs is 1. The lowest BCUT2D eigenvalue weighted by molar-refractivity contribution is -0.120. The van der Waals surface area contributed by atoms with E-state index in [1.54, 1.807) is 6.26 Å². The summed E-state index contributed by atoms with van der Waals surface area (Å²) in [6.07, 6.45) is 3.49. The van der Waals surface area contributed by atoms with E-state index in [1.807, 2.05) is 25.1 Å². The summed E-state index contributed by atoms with van der Waals surface area (Å²) in [5.41, 5.74) is 2.87. The number of rotatable bonds is 6. The standard InChI is InChI=1S/C15H19NO3/c1-11-4-5-13-12(10-19-14(13)8-11)9-15(18)16-6-2-3-7-17/h4-5,8,10,17H,2-3,6-7,9H2,1H3,(H,16,18). The van der Waals surface area contributed by atoms with Crippen molar-refractivity contribution in [3.63, 3.8) is 0 Å². The second kappa shape index (κ2) is 6.38. The first kappa shape index (κ1) is 13.6. The number of aryl methyl sites for hydroxylation is 1. The number of amides is 1. The zero-order valence-electron chi connectivity index (χ0n) is 11.1. The maximum absolute atomic E-state index is 11.8. The van der Waals surface area contributed by atoms with E-state index < -0.39 is 0 Å². The van der Waals surface area contributed by atoms with Gasteiger partial charge in [-0.1, -0.05) is 12.1 Å². The number of carbonyl (C=O) groups is 1. The Balaban J connectivity index is 1.95. The zero-order valence-corrected chi connectivity index (χ0v) is 11.1. The summed E-state index contributed by atoms with van der Waals surface area (Å²) in [4.78, 5) is 11.8. The molecule has 0 bridgehead atoms. The second-order valence-electron chi connectivity index (χ2n) is 4.72. The van der Waals surface area contributed by atoms with Crippen LogP contribution in [0.15, 0.2) is 28.9 Å². The summed E-state index contributed by atoms with van der Waals surface area (Å²) in [7, 11) is 0. The van der Waals surface area contributed by atoms with E-state index in [9.17, 15) is 4.79 Å². The molecular formula is C15H19NO3. The molecule has 1 aromatic heterocycles. The smallest absolute Gasteiger partial charge is 0.224 e. The third-order valence-electron chi connectivity index (χ3n) is 3.07. The number of aliphatic hydroxyl groups excluding tert-OH is 1. The molecule has 1 aromatic carbocycles. The number of hydrogen-bond donors (Lipinski definition) is 2. The first-order chi connectivity index (χ1) is 9.20. The number of unbranched alkanes of at least 4 members (excludes halogenated alkanes) is 1. The predicted molar refractivity (Wildman–Crippen MR) is 74.0 cm³/mol. The van der Waals surface area contributed by atoms with Gasteiger partial charge in [0, 0.05) is 24.1 Å². The van der Waals surface area contributed by atoms with E-state index in [1.165, 1.54) is 0 Å². The van der Waals surface area contributed by atoms with Gasteiger partial charge in [0.2, 0.25) is 5.91 Å². The maximum atomic E-state index is 11.8. The highest BCUT2D eigenvalue weighted by atomic mass is 16.3. The Morgan fingerprint density at radius 3 is 3.00 bits per heavy atom. The largest absolute Gasteiger partial charge is 0.464 e. The van der Waals surface area contributed by atoms with Gasteiger partial charge in [0.05, 0.1) is 12.7 Å². The Morgan fingerprint density at radius 1 is 1.37 bits per heavy atom. The Bertz CT molecular complexity index is 560. The highest BCUT2D eigenvalue weighted by molar-refractivity contribution is 5.87. The topological polar surface area (TPSA) is 62.5 Å². The summed E-state index contributed by atoms with van der Waals surface area (Å²) >= 11 is 0. The van der Waals surface area contributed by atoms with Crippen molar-refractivity contribution in [1.29, 1.82) is 0 Å².